The van der Waals surface area contributed by atoms with Crippen molar-refractivity contribution in [1.29, 1.82) is 0 Å². The van der Waals surface area contributed by atoms with Gasteiger partial charge in [0.2, 0.25) is 0 Å². The largest absolute Gasteiger partial charge is 0.468 e. The summed E-state index contributed by atoms with van der Waals surface area (Å²) >= 11 is 0. The third-order valence-corrected chi connectivity index (χ3v) is 2.97. The molecule has 100 valence electrons. The highest BCUT2D eigenvalue weighted by atomic mass is 16.5. The van der Waals surface area contributed by atoms with E-state index in [-0.39, 0.29) is 5.97 Å². The summed E-state index contributed by atoms with van der Waals surface area (Å²) in [5.41, 5.74) is 2.63. The van der Waals surface area contributed by atoms with E-state index < -0.39 is 5.92 Å². The van der Waals surface area contributed by atoms with Gasteiger partial charge < -0.3 is 9.72 Å². The molecule has 0 radical (unpaired) electrons. The molecule has 5 nitrogen and oxygen atoms in total. The minimum absolute atomic E-state index is 0.298. The van der Waals surface area contributed by atoms with E-state index in [0.717, 1.165) is 17.0 Å². The van der Waals surface area contributed by atoms with Gasteiger partial charge in [-0.3, -0.25) is 4.79 Å². The number of H-pyrrole nitrogens is 1. The van der Waals surface area contributed by atoms with Crippen LogP contribution in [0.3, 0.4) is 0 Å². The first-order chi connectivity index (χ1) is 9.15. The zero-order chi connectivity index (χ0) is 13.8. The van der Waals surface area contributed by atoms with Gasteiger partial charge in [0.15, 0.2) is 0 Å². The van der Waals surface area contributed by atoms with Crippen molar-refractivity contribution >= 4 is 5.97 Å². The van der Waals surface area contributed by atoms with Crippen LogP contribution >= 0.6 is 0 Å². The Morgan fingerprint density at radius 2 is 2.26 bits per heavy atom. The molecule has 0 amide bonds. The van der Waals surface area contributed by atoms with Crippen LogP contribution < -0.4 is 0 Å². The number of nitrogens with one attached hydrogen (secondary N) is 1. The van der Waals surface area contributed by atoms with Crippen LogP contribution in [0.2, 0.25) is 0 Å². The molecule has 1 N–H and O–H groups in total. The Bertz CT molecular complexity index is 564. The summed E-state index contributed by atoms with van der Waals surface area (Å²) < 4.78 is 4.80. The maximum absolute atomic E-state index is 11.7. The first kappa shape index (κ1) is 13.3. The third-order valence-electron chi connectivity index (χ3n) is 2.97. The van der Waals surface area contributed by atoms with Crippen molar-refractivity contribution in [1.82, 2.24) is 15.0 Å². The van der Waals surface area contributed by atoms with Gasteiger partial charge in [-0.15, -0.1) is 0 Å². The molecule has 1 unspecified atom stereocenters. The first-order valence-corrected chi connectivity index (χ1v) is 6.22. The van der Waals surface area contributed by atoms with E-state index in [4.69, 9.17) is 4.74 Å². The smallest absolute Gasteiger partial charge is 0.316 e. The number of rotatable bonds is 4. The number of aryl methyl sites for hydroxylation is 1. The number of carbonyl (C=O) groups is 1. The maximum Gasteiger partial charge on any atom is 0.316 e. The van der Waals surface area contributed by atoms with Crippen molar-refractivity contribution in [3.63, 3.8) is 0 Å². The summed E-state index contributed by atoms with van der Waals surface area (Å²) in [5, 5.41) is 0. The van der Waals surface area contributed by atoms with Crippen LogP contribution in [-0.4, -0.2) is 28.0 Å². The molecular weight excluding hydrogens is 242 g/mol. The van der Waals surface area contributed by atoms with Crippen LogP contribution in [0.15, 0.2) is 24.5 Å². The van der Waals surface area contributed by atoms with Crippen molar-refractivity contribution in [3.8, 4) is 11.3 Å². The second kappa shape index (κ2) is 5.65. The minimum Gasteiger partial charge on any atom is -0.468 e. The van der Waals surface area contributed by atoms with E-state index in [1.807, 2.05) is 38.4 Å². The summed E-state index contributed by atoms with van der Waals surface area (Å²) in [6, 6.07) is 3.83. The Balaban J connectivity index is 2.44. The number of aromatic nitrogens is 3. The van der Waals surface area contributed by atoms with Gasteiger partial charge in [-0.1, -0.05) is 6.92 Å². The van der Waals surface area contributed by atoms with E-state index in [2.05, 4.69) is 15.0 Å². The summed E-state index contributed by atoms with van der Waals surface area (Å²) in [7, 11) is 1.38. The lowest BCUT2D eigenvalue weighted by Crippen LogP contribution is -2.17. The van der Waals surface area contributed by atoms with Crippen LogP contribution in [0.25, 0.3) is 11.3 Å². The molecule has 19 heavy (non-hydrogen) atoms. The molecule has 0 fully saturated rings. The van der Waals surface area contributed by atoms with E-state index >= 15 is 0 Å². The van der Waals surface area contributed by atoms with Gasteiger partial charge in [0, 0.05) is 23.7 Å². The highest BCUT2D eigenvalue weighted by Gasteiger charge is 2.23. The quantitative estimate of drug-likeness (QED) is 0.856. The number of esters is 1. The number of carbonyl (C=O) groups excluding carboxylic acids is 1. The molecule has 0 aliphatic rings. The SMILES string of the molecule is CCC(C(=O)OC)c1nc(C)cc(-c2cc[nH]c2)n1. The van der Waals surface area contributed by atoms with Gasteiger partial charge in [0.05, 0.1) is 12.8 Å². The summed E-state index contributed by atoms with van der Waals surface area (Å²) in [4.78, 5) is 23.6. The molecule has 0 aromatic carbocycles. The predicted molar refractivity (Wildman–Crippen MR) is 71.6 cm³/mol. The lowest BCUT2D eigenvalue weighted by atomic mass is 10.1. The fraction of sp³-hybridized carbons (Fsp3) is 0.357. The molecule has 0 spiro atoms. The van der Waals surface area contributed by atoms with Crippen LogP contribution in [0.4, 0.5) is 0 Å². The van der Waals surface area contributed by atoms with Gasteiger partial charge in [-0.05, 0) is 25.5 Å². The summed E-state index contributed by atoms with van der Waals surface area (Å²) in [6.07, 6.45) is 4.32. The average Bonchev–Trinajstić information content (AvgIpc) is 2.92. The molecule has 0 aliphatic heterocycles. The Kier molecular flexibility index (Phi) is 3.94. The van der Waals surface area contributed by atoms with Crippen molar-refractivity contribution in [2.45, 2.75) is 26.2 Å². The highest BCUT2D eigenvalue weighted by molar-refractivity contribution is 5.77. The van der Waals surface area contributed by atoms with Crippen molar-refractivity contribution in [2.75, 3.05) is 7.11 Å². The molecule has 0 bridgehead atoms. The number of hydrogen-bond donors (Lipinski definition) is 1. The van der Waals surface area contributed by atoms with Crippen molar-refractivity contribution in [3.05, 3.63) is 36.0 Å². The van der Waals surface area contributed by atoms with Gasteiger partial charge in [0.1, 0.15) is 11.7 Å². The second-order valence-electron chi connectivity index (χ2n) is 4.34. The number of methoxy groups -OCH3 is 1. The Hall–Kier alpha value is -2.17. The lowest BCUT2D eigenvalue weighted by molar-refractivity contribution is -0.142. The van der Waals surface area contributed by atoms with E-state index in [1.54, 1.807) is 0 Å². The van der Waals surface area contributed by atoms with Gasteiger partial charge >= 0.3 is 5.97 Å². The number of aromatic amines is 1. The highest BCUT2D eigenvalue weighted by Crippen LogP contribution is 2.22. The molecule has 2 aromatic heterocycles. The van der Waals surface area contributed by atoms with Crippen molar-refractivity contribution < 1.29 is 9.53 Å². The normalized spacial score (nSPS) is 12.2. The predicted octanol–water partition coefficient (Wildman–Crippen LogP) is 2.45. The monoisotopic (exact) mass is 259 g/mol. The average molecular weight is 259 g/mol. The fourth-order valence-corrected chi connectivity index (χ4v) is 1.98. The van der Waals surface area contributed by atoms with Crippen LogP contribution in [-0.2, 0) is 9.53 Å². The molecule has 5 heteroatoms. The van der Waals surface area contributed by atoms with Gasteiger partial charge in [-0.25, -0.2) is 9.97 Å². The summed E-state index contributed by atoms with van der Waals surface area (Å²) in [5.74, 6) is -0.193. The molecule has 2 aromatic rings. The summed E-state index contributed by atoms with van der Waals surface area (Å²) in [6.45, 7) is 3.81. The molecule has 2 heterocycles. The number of nitrogens with zero attached hydrogens (tertiary/aromatic N) is 2. The van der Waals surface area contributed by atoms with Crippen LogP contribution in [0.5, 0.6) is 0 Å². The molecule has 0 aliphatic carbocycles. The fourth-order valence-electron chi connectivity index (χ4n) is 1.98. The van der Waals surface area contributed by atoms with Crippen LogP contribution in [0.1, 0.15) is 30.8 Å². The Labute approximate surface area is 112 Å². The van der Waals surface area contributed by atoms with Crippen LogP contribution in [0, 0.1) is 6.92 Å². The zero-order valence-electron chi connectivity index (χ0n) is 11.3. The number of ether oxygens (including phenoxy) is 1. The first-order valence-electron chi connectivity index (χ1n) is 6.22. The Morgan fingerprint density at radius 1 is 1.47 bits per heavy atom. The number of hydrogen-bond acceptors (Lipinski definition) is 4. The topological polar surface area (TPSA) is 67.9 Å². The standard InChI is InChI=1S/C14H17N3O2/c1-4-11(14(18)19-3)13-16-9(2)7-12(17-13)10-5-6-15-8-10/h5-8,11,15H,4H2,1-3H3. The maximum atomic E-state index is 11.7. The zero-order valence-corrected chi connectivity index (χ0v) is 11.3. The third kappa shape index (κ3) is 2.81. The molecule has 0 saturated heterocycles. The lowest BCUT2D eigenvalue weighted by Gasteiger charge is -2.12. The van der Waals surface area contributed by atoms with Gasteiger partial charge in [-0.2, -0.15) is 0 Å². The van der Waals surface area contributed by atoms with Gasteiger partial charge in [0.25, 0.3) is 0 Å². The second-order valence-corrected chi connectivity index (χ2v) is 4.34. The van der Waals surface area contributed by atoms with E-state index in [9.17, 15) is 4.79 Å². The van der Waals surface area contributed by atoms with Crippen molar-refractivity contribution in [2.24, 2.45) is 0 Å². The van der Waals surface area contributed by atoms with E-state index in [1.165, 1.54) is 7.11 Å². The molecular formula is C14H17N3O2. The Morgan fingerprint density at radius 3 is 2.84 bits per heavy atom. The molecule has 0 saturated carbocycles. The minimum atomic E-state index is -0.414. The van der Waals surface area contributed by atoms with E-state index in [0.29, 0.717) is 12.2 Å². The molecule has 1 atom stereocenters. The molecule has 2 rings (SSSR count).